The van der Waals surface area contributed by atoms with Crippen molar-refractivity contribution in [1.82, 2.24) is 19.7 Å². The summed E-state index contributed by atoms with van der Waals surface area (Å²) in [6.45, 7) is 4.17. The molecule has 0 aliphatic heterocycles. The molecule has 7 nitrogen and oxygen atoms in total. The first-order chi connectivity index (χ1) is 8.56. The van der Waals surface area contributed by atoms with E-state index in [1.807, 2.05) is 0 Å². The molecule has 18 heavy (non-hydrogen) atoms. The number of hydrogen-bond donors (Lipinski definition) is 0. The summed E-state index contributed by atoms with van der Waals surface area (Å²) in [6.07, 6.45) is 3.06. The number of amides is 1. The Morgan fingerprint density at radius 3 is 2.78 bits per heavy atom. The minimum atomic E-state index is -0.431. The summed E-state index contributed by atoms with van der Waals surface area (Å²) in [5.74, 6) is -0.421. The monoisotopic (exact) mass is 254 g/mol. The van der Waals surface area contributed by atoms with E-state index >= 15 is 0 Å². The van der Waals surface area contributed by atoms with Crippen LogP contribution < -0.4 is 0 Å². The quantitative estimate of drug-likeness (QED) is 0.680. The van der Waals surface area contributed by atoms with E-state index in [1.54, 1.807) is 20.9 Å². The fraction of sp³-hybridized carbons (Fsp3) is 0.636. The Bertz CT molecular complexity index is 391. The average molecular weight is 254 g/mol. The molecule has 0 fully saturated rings. The Morgan fingerprint density at radius 1 is 1.50 bits per heavy atom. The van der Waals surface area contributed by atoms with Gasteiger partial charge in [-0.2, -0.15) is 5.10 Å². The lowest BCUT2D eigenvalue weighted by Gasteiger charge is -2.20. The van der Waals surface area contributed by atoms with Gasteiger partial charge in [-0.25, -0.2) is 9.67 Å². The van der Waals surface area contributed by atoms with Crippen molar-refractivity contribution in [2.24, 2.45) is 0 Å². The molecule has 1 atom stereocenters. The Hall–Kier alpha value is -1.92. The smallest absolute Gasteiger partial charge is 0.307 e. The molecule has 0 bridgehead atoms. The minimum Gasteiger partial charge on any atom is -0.466 e. The topological polar surface area (TPSA) is 77.3 Å². The van der Waals surface area contributed by atoms with Gasteiger partial charge in [-0.1, -0.05) is 0 Å². The second kappa shape index (κ2) is 6.73. The molecule has 0 aliphatic rings. The van der Waals surface area contributed by atoms with Gasteiger partial charge >= 0.3 is 5.97 Å². The molecule has 1 heterocycles. The third-order valence-electron chi connectivity index (χ3n) is 2.52. The lowest BCUT2D eigenvalue weighted by atomic mass is 10.3. The van der Waals surface area contributed by atoms with Crippen molar-refractivity contribution < 1.29 is 14.3 Å². The van der Waals surface area contributed by atoms with Gasteiger partial charge in [0.25, 0.3) is 0 Å². The molecule has 0 spiro atoms. The highest BCUT2D eigenvalue weighted by Gasteiger charge is 2.20. The van der Waals surface area contributed by atoms with E-state index in [0.717, 1.165) is 0 Å². The molecule has 1 amide bonds. The van der Waals surface area contributed by atoms with Crippen molar-refractivity contribution in [1.29, 1.82) is 0 Å². The molecule has 0 aromatic carbocycles. The molecule has 1 aromatic heterocycles. The average Bonchev–Trinajstić information content (AvgIpc) is 2.88. The lowest BCUT2D eigenvalue weighted by molar-refractivity contribution is -0.144. The van der Waals surface area contributed by atoms with Crippen LogP contribution >= 0.6 is 0 Å². The van der Waals surface area contributed by atoms with Crippen LogP contribution in [0.4, 0.5) is 0 Å². The number of likely N-dealkylation sites (N-methyl/N-ethyl adjacent to an activating group) is 1. The third kappa shape index (κ3) is 3.83. The van der Waals surface area contributed by atoms with Crippen LogP contribution in [0.5, 0.6) is 0 Å². The predicted octanol–water partition coefficient (Wildman–Crippen LogP) is 0.251. The lowest BCUT2D eigenvalue weighted by Crippen LogP contribution is -2.35. The fourth-order valence-corrected chi connectivity index (χ4v) is 1.45. The Kier molecular flexibility index (Phi) is 5.29. The Labute approximate surface area is 106 Å². The van der Waals surface area contributed by atoms with Crippen molar-refractivity contribution in [2.75, 3.05) is 20.2 Å². The summed E-state index contributed by atoms with van der Waals surface area (Å²) in [5, 5.41) is 3.91. The summed E-state index contributed by atoms with van der Waals surface area (Å²) in [6, 6.07) is -0.431. The van der Waals surface area contributed by atoms with Gasteiger partial charge in [0.15, 0.2) is 0 Å². The number of hydrogen-bond acceptors (Lipinski definition) is 5. The number of aromatic nitrogens is 3. The van der Waals surface area contributed by atoms with E-state index in [-0.39, 0.29) is 18.3 Å². The molecule has 1 aromatic rings. The van der Waals surface area contributed by atoms with Crippen LogP contribution in [0.2, 0.25) is 0 Å². The van der Waals surface area contributed by atoms with Gasteiger partial charge < -0.3 is 9.64 Å². The van der Waals surface area contributed by atoms with Gasteiger partial charge in [-0.15, -0.1) is 0 Å². The third-order valence-corrected chi connectivity index (χ3v) is 2.52. The molecule has 0 aliphatic carbocycles. The molecule has 1 unspecified atom stereocenters. The minimum absolute atomic E-state index is 0.121. The van der Waals surface area contributed by atoms with Gasteiger partial charge in [0.2, 0.25) is 5.91 Å². The first kappa shape index (κ1) is 14.1. The summed E-state index contributed by atoms with van der Waals surface area (Å²) in [5.41, 5.74) is 0. The highest BCUT2D eigenvalue weighted by Crippen LogP contribution is 2.06. The van der Waals surface area contributed by atoms with Gasteiger partial charge in [-0.3, -0.25) is 9.59 Å². The van der Waals surface area contributed by atoms with Crippen LogP contribution in [0.25, 0.3) is 0 Å². The Morgan fingerprint density at radius 2 is 2.22 bits per heavy atom. The van der Waals surface area contributed by atoms with Crippen LogP contribution in [0.15, 0.2) is 12.7 Å². The molecule has 0 saturated carbocycles. The summed E-state index contributed by atoms with van der Waals surface area (Å²) >= 11 is 0. The van der Waals surface area contributed by atoms with Crippen LogP contribution in [-0.4, -0.2) is 51.7 Å². The van der Waals surface area contributed by atoms with Crippen molar-refractivity contribution in [3.05, 3.63) is 12.7 Å². The number of esters is 1. The Balaban J connectivity index is 2.44. The highest BCUT2D eigenvalue weighted by atomic mass is 16.5. The van der Waals surface area contributed by atoms with E-state index in [9.17, 15) is 9.59 Å². The second-order valence-electron chi connectivity index (χ2n) is 3.87. The molecular weight excluding hydrogens is 236 g/mol. The molecule has 0 radical (unpaired) electrons. The number of ether oxygens (including phenoxy) is 1. The zero-order valence-electron chi connectivity index (χ0n) is 10.9. The van der Waals surface area contributed by atoms with Crippen LogP contribution in [-0.2, 0) is 14.3 Å². The molecule has 7 heteroatoms. The molecule has 1 rings (SSSR count). The normalized spacial score (nSPS) is 11.9. The predicted molar refractivity (Wildman–Crippen MR) is 63.6 cm³/mol. The van der Waals surface area contributed by atoms with Gasteiger partial charge in [0.1, 0.15) is 18.7 Å². The van der Waals surface area contributed by atoms with Crippen LogP contribution in [0, 0.1) is 0 Å². The van der Waals surface area contributed by atoms with Crippen molar-refractivity contribution in [2.45, 2.75) is 26.3 Å². The van der Waals surface area contributed by atoms with Gasteiger partial charge in [0, 0.05) is 13.6 Å². The maximum Gasteiger partial charge on any atom is 0.307 e. The van der Waals surface area contributed by atoms with Gasteiger partial charge in [-0.05, 0) is 13.8 Å². The zero-order chi connectivity index (χ0) is 13.5. The SMILES string of the molecule is CCOC(=O)CCN(C)C(=O)C(C)n1cncn1. The number of carbonyl (C=O) groups excluding carboxylic acids is 2. The van der Waals surface area contributed by atoms with E-state index < -0.39 is 6.04 Å². The zero-order valence-corrected chi connectivity index (χ0v) is 10.9. The maximum atomic E-state index is 12.0. The summed E-state index contributed by atoms with van der Waals surface area (Å²) in [4.78, 5) is 28.5. The van der Waals surface area contributed by atoms with Gasteiger partial charge in [0.05, 0.1) is 13.0 Å². The maximum absolute atomic E-state index is 12.0. The van der Waals surface area contributed by atoms with Crippen LogP contribution in [0.3, 0.4) is 0 Å². The number of rotatable bonds is 6. The van der Waals surface area contributed by atoms with E-state index in [1.165, 1.54) is 22.2 Å². The molecule has 100 valence electrons. The van der Waals surface area contributed by atoms with Crippen molar-refractivity contribution >= 4 is 11.9 Å². The molecule has 0 saturated heterocycles. The number of carbonyl (C=O) groups is 2. The first-order valence-corrected chi connectivity index (χ1v) is 5.81. The standard InChI is InChI=1S/C11H18N4O3/c1-4-18-10(16)5-6-14(3)11(17)9(2)15-8-12-7-13-15/h7-9H,4-6H2,1-3H3. The number of nitrogens with zero attached hydrogens (tertiary/aromatic N) is 4. The van der Waals surface area contributed by atoms with Crippen molar-refractivity contribution in [3.8, 4) is 0 Å². The van der Waals surface area contributed by atoms with Crippen LogP contribution in [0.1, 0.15) is 26.3 Å². The van der Waals surface area contributed by atoms with E-state index in [0.29, 0.717) is 13.2 Å². The fourth-order valence-electron chi connectivity index (χ4n) is 1.45. The van der Waals surface area contributed by atoms with Crippen molar-refractivity contribution in [3.63, 3.8) is 0 Å². The summed E-state index contributed by atoms with van der Waals surface area (Å²) in [7, 11) is 1.65. The molecule has 0 N–H and O–H groups in total. The summed E-state index contributed by atoms with van der Waals surface area (Å²) < 4.78 is 6.28. The van der Waals surface area contributed by atoms with E-state index in [4.69, 9.17) is 4.74 Å². The second-order valence-corrected chi connectivity index (χ2v) is 3.87. The van der Waals surface area contributed by atoms with E-state index in [2.05, 4.69) is 10.1 Å². The molecular formula is C11H18N4O3. The highest BCUT2D eigenvalue weighted by molar-refractivity contribution is 5.80. The first-order valence-electron chi connectivity index (χ1n) is 5.81. The largest absolute Gasteiger partial charge is 0.466 e.